The number of piperidine rings is 1. The van der Waals surface area contributed by atoms with Crippen molar-refractivity contribution in [3.63, 3.8) is 0 Å². The van der Waals surface area contributed by atoms with E-state index in [-0.39, 0.29) is 18.2 Å². The van der Waals surface area contributed by atoms with E-state index in [1.807, 2.05) is 69.9 Å². The predicted octanol–water partition coefficient (Wildman–Crippen LogP) is 1.40. The Hall–Kier alpha value is -1.91. The number of benzene rings is 1. The molecule has 5 atom stereocenters. The number of nitrogens with zero attached hydrogens (tertiary/aromatic N) is 5. The number of hydrogen-bond acceptors (Lipinski definition) is 8. The van der Waals surface area contributed by atoms with Crippen LogP contribution in [0.4, 0.5) is 0 Å². The highest BCUT2D eigenvalue weighted by Crippen LogP contribution is 2.45. The first-order valence-electron chi connectivity index (χ1n) is 10.4. The van der Waals surface area contributed by atoms with Gasteiger partial charge in [-0.25, -0.2) is 4.68 Å². The number of hydrogen-bond donors (Lipinski definition) is 2. The van der Waals surface area contributed by atoms with E-state index in [0.717, 1.165) is 5.56 Å². The van der Waals surface area contributed by atoms with Crippen LogP contribution >= 0.6 is 0 Å². The Morgan fingerprint density at radius 1 is 1.17 bits per heavy atom. The second-order valence-corrected chi connectivity index (χ2v) is 9.50. The van der Waals surface area contributed by atoms with E-state index >= 15 is 0 Å². The standard InChI is InChI=1S/C21H31N5O4/c1-20(2,3)26-19(22-23-24-26)16-18-17(29-21(4,5)30-18)15(28)11-25(16)14(12-27)13-9-7-6-8-10-13/h6-10,14-18,27-28H,11-12H2,1-5H3/t14-,15+,16+,17+,18-/m1/s1. The van der Waals surface area contributed by atoms with Gasteiger partial charge in [0.1, 0.15) is 18.2 Å². The molecule has 4 rings (SSSR count). The van der Waals surface area contributed by atoms with Crippen LogP contribution in [0.5, 0.6) is 0 Å². The normalized spacial score (nSPS) is 30.2. The van der Waals surface area contributed by atoms with Gasteiger partial charge in [-0.15, -0.1) is 5.10 Å². The molecule has 0 aliphatic carbocycles. The van der Waals surface area contributed by atoms with Crippen LogP contribution in [0.1, 0.15) is 58.1 Å². The highest BCUT2D eigenvalue weighted by Gasteiger charge is 2.56. The number of β-amino-alcohol motifs (C(OH)–C–C–N with tert-alkyl or cyclic N) is 1. The van der Waals surface area contributed by atoms with Crippen molar-refractivity contribution in [3.8, 4) is 0 Å². The first kappa shape index (κ1) is 21.3. The third-order valence-electron chi connectivity index (χ3n) is 5.76. The second-order valence-electron chi connectivity index (χ2n) is 9.50. The van der Waals surface area contributed by atoms with Crippen molar-refractivity contribution in [2.24, 2.45) is 0 Å². The quantitative estimate of drug-likeness (QED) is 0.769. The number of rotatable bonds is 4. The van der Waals surface area contributed by atoms with Crippen molar-refractivity contribution in [2.45, 2.75) is 76.3 Å². The third-order valence-corrected chi connectivity index (χ3v) is 5.76. The zero-order valence-corrected chi connectivity index (χ0v) is 18.1. The monoisotopic (exact) mass is 417 g/mol. The molecule has 0 amide bonds. The van der Waals surface area contributed by atoms with Crippen molar-refractivity contribution in [1.29, 1.82) is 0 Å². The van der Waals surface area contributed by atoms with Crippen LogP contribution in [-0.4, -0.2) is 72.6 Å². The summed E-state index contributed by atoms with van der Waals surface area (Å²) in [6.45, 7) is 9.95. The average Bonchev–Trinajstić information content (AvgIpc) is 3.27. The third kappa shape index (κ3) is 3.76. The number of aromatic nitrogens is 4. The zero-order chi connectivity index (χ0) is 21.7. The summed E-state index contributed by atoms with van der Waals surface area (Å²) in [5.74, 6) is -0.216. The van der Waals surface area contributed by atoms with Crippen LogP contribution in [0.3, 0.4) is 0 Å². The molecule has 0 radical (unpaired) electrons. The van der Waals surface area contributed by atoms with Crippen molar-refractivity contribution >= 4 is 0 Å². The molecule has 164 valence electrons. The summed E-state index contributed by atoms with van der Waals surface area (Å²) in [5, 5.41) is 33.8. The van der Waals surface area contributed by atoms with Crippen molar-refractivity contribution in [1.82, 2.24) is 25.1 Å². The molecule has 0 saturated carbocycles. The predicted molar refractivity (Wildman–Crippen MR) is 108 cm³/mol. The number of fused-ring (bicyclic) bond motifs is 1. The van der Waals surface area contributed by atoms with Crippen molar-refractivity contribution in [3.05, 3.63) is 41.7 Å². The van der Waals surface area contributed by atoms with Gasteiger partial charge in [-0.05, 0) is 50.6 Å². The molecule has 9 nitrogen and oxygen atoms in total. The molecule has 30 heavy (non-hydrogen) atoms. The summed E-state index contributed by atoms with van der Waals surface area (Å²) in [7, 11) is 0. The Kier molecular flexibility index (Phi) is 5.44. The summed E-state index contributed by atoms with van der Waals surface area (Å²) < 4.78 is 14.1. The molecular weight excluding hydrogens is 386 g/mol. The molecule has 2 saturated heterocycles. The summed E-state index contributed by atoms with van der Waals surface area (Å²) in [4.78, 5) is 2.04. The van der Waals surface area contributed by atoms with E-state index in [9.17, 15) is 10.2 Å². The highest BCUT2D eigenvalue weighted by atomic mass is 16.8. The minimum Gasteiger partial charge on any atom is -0.394 e. The number of aliphatic hydroxyl groups is 2. The zero-order valence-electron chi connectivity index (χ0n) is 18.1. The molecule has 0 spiro atoms. The molecule has 2 aliphatic heterocycles. The molecular formula is C21H31N5O4. The summed E-state index contributed by atoms with van der Waals surface area (Å²) in [6.07, 6.45) is -1.78. The molecule has 2 N–H and O–H groups in total. The number of likely N-dealkylation sites (tertiary alicyclic amines) is 1. The Morgan fingerprint density at radius 3 is 2.47 bits per heavy atom. The fraction of sp³-hybridized carbons (Fsp3) is 0.667. The van der Waals surface area contributed by atoms with Gasteiger partial charge in [0.25, 0.3) is 0 Å². The summed E-state index contributed by atoms with van der Waals surface area (Å²) in [6, 6.07) is 8.99. The van der Waals surface area contributed by atoms with E-state index in [0.29, 0.717) is 12.4 Å². The SMILES string of the molecule is CC1(C)O[C@@H]2[C@H](O1)[C@@H](c1nnnn1C(C)(C)C)N([C@H](CO)c1ccccc1)C[C@@H]2O. The molecule has 1 aromatic carbocycles. The highest BCUT2D eigenvalue weighted by molar-refractivity contribution is 5.21. The molecule has 2 aliphatic rings. The van der Waals surface area contributed by atoms with Crippen LogP contribution in [-0.2, 0) is 15.0 Å². The fourth-order valence-corrected chi connectivity index (χ4v) is 4.53. The lowest BCUT2D eigenvalue weighted by molar-refractivity contribution is -0.153. The Morgan fingerprint density at radius 2 is 1.83 bits per heavy atom. The summed E-state index contributed by atoms with van der Waals surface area (Å²) in [5.41, 5.74) is 0.593. The summed E-state index contributed by atoms with van der Waals surface area (Å²) >= 11 is 0. The van der Waals surface area contributed by atoms with Gasteiger partial charge in [0.2, 0.25) is 0 Å². The maximum absolute atomic E-state index is 10.9. The Bertz CT molecular complexity index is 866. The lowest BCUT2D eigenvalue weighted by Crippen LogP contribution is -2.57. The maximum Gasteiger partial charge on any atom is 0.171 e. The second kappa shape index (κ2) is 7.65. The van der Waals surface area contributed by atoms with E-state index in [2.05, 4.69) is 15.5 Å². The smallest absolute Gasteiger partial charge is 0.171 e. The van der Waals surface area contributed by atoms with Crippen LogP contribution in [0, 0.1) is 0 Å². The van der Waals surface area contributed by atoms with Gasteiger partial charge < -0.3 is 19.7 Å². The molecule has 0 unspecified atom stereocenters. The van der Waals surface area contributed by atoms with E-state index in [1.54, 1.807) is 4.68 Å². The van der Waals surface area contributed by atoms with Crippen LogP contribution in [0.2, 0.25) is 0 Å². The fourth-order valence-electron chi connectivity index (χ4n) is 4.53. The molecule has 2 aromatic rings. The first-order chi connectivity index (χ1) is 14.1. The topological polar surface area (TPSA) is 106 Å². The number of tetrazole rings is 1. The van der Waals surface area contributed by atoms with Crippen LogP contribution in [0.25, 0.3) is 0 Å². The van der Waals surface area contributed by atoms with E-state index in [4.69, 9.17) is 9.47 Å². The van der Waals surface area contributed by atoms with Crippen molar-refractivity contribution < 1.29 is 19.7 Å². The molecule has 3 heterocycles. The van der Waals surface area contributed by atoms with E-state index < -0.39 is 30.1 Å². The molecule has 9 heteroatoms. The minimum atomic E-state index is -0.841. The maximum atomic E-state index is 10.9. The molecule has 2 fully saturated rings. The first-order valence-corrected chi connectivity index (χ1v) is 10.4. The Balaban J connectivity index is 1.83. The van der Waals surface area contributed by atoms with Gasteiger partial charge in [-0.2, -0.15) is 0 Å². The number of aliphatic hydroxyl groups excluding tert-OH is 2. The van der Waals surface area contributed by atoms with Gasteiger partial charge in [0.05, 0.1) is 24.3 Å². The van der Waals surface area contributed by atoms with Crippen LogP contribution in [0.15, 0.2) is 30.3 Å². The minimum absolute atomic E-state index is 0.119. The van der Waals surface area contributed by atoms with Gasteiger partial charge >= 0.3 is 0 Å². The average molecular weight is 418 g/mol. The lowest BCUT2D eigenvalue weighted by atomic mass is 9.89. The Labute approximate surface area is 176 Å². The van der Waals surface area contributed by atoms with Gasteiger partial charge in [0, 0.05) is 6.54 Å². The van der Waals surface area contributed by atoms with Gasteiger partial charge in [0.15, 0.2) is 11.6 Å². The van der Waals surface area contributed by atoms with E-state index in [1.165, 1.54) is 0 Å². The molecule has 1 aromatic heterocycles. The lowest BCUT2D eigenvalue weighted by Gasteiger charge is -2.46. The number of ether oxygens (including phenoxy) is 2. The van der Waals surface area contributed by atoms with Gasteiger partial charge in [-0.3, -0.25) is 4.90 Å². The molecule has 0 bridgehead atoms. The van der Waals surface area contributed by atoms with Crippen LogP contribution < -0.4 is 0 Å². The van der Waals surface area contributed by atoms with Crippen molar-refractivity contribution in [2.75, 3.05) is 13.2 Å². The largest absolute Gasteiger partial charge is 0.394 e. The van der Waals surface area contributed by atoms with Gasteiger partial charge in [-0.1, -0.05) is 30.3 Å².